The van der Waals surface area contributed by atoms with Crippen molar-refractivity contribution in [1.29, 1.82) is 0 Å². The zero-order chi connectivity index (χ0) is 17.1. The fraction of sp³-hybridized carbons (Fsp3) is 0.333. The first-order chi connectivity index (χ1) is 11.6. The Bertz CT molecular complexity index is 814. The van der Waals surface area contributed by atoms with Crippen LogP contribution in [-0.2, 0) is 6.42 Å². The van der Waals surface area contributed by atoms with E-state index in [1.165, 1.54) is 22.1 Å². The summed E-state index contributed by atoms with van der Waals surface area (Å²) >= 11 is 6.81. The number of hydrogen-bond acceptors (Lipinski definition) is 1. The van der Waals surface area contributed by atoms with E-state index in [2.05, 4.69) is 73.3 Å². The zero-order valence-electron chi connectivity index (χ0n) is 14.7. The lowest BCUT2D eigenvalue weighted by atomic mass is 10.0. The summed E-state index contributed by atoms with van der Waals surface area (Å²) in [7, 11) is 0. The standard InChI is InChI=1S/C21H25ClN2/c1-4-24(5-2)13-12-17-14-23-19-11-10-18(21(22)20(17)19)16-8-6-15(3)7-9-16/h6-11,14,23H,4-5,12-13H2,1-3H3. The normalized spacial score (nSPS) is 11.5. The molecule has 24 heavy (non-hydrogen) atoms. The Morgan fingerprint density at radius 3 is 2.38 bits per heavy atom. The minimum atomic E-state index is 0.854. The Morgan fingerprint density at radius 1 is 1.00 bits per heavy atom. The maximum atomic E-state index is 6.81. The van der Waals surface area contributed by atoms with E-state index in [1.807, 2.05) is 0 Å². The number of aromatic amines is 1. The zero-order valence-corrected chi connectivity index (χ0v) is 15.5. The highest BCUT2D eigenvalue weighted by Crippen LogP contribution is 2.36. The summed E-state index contributed by atoms with van der Waals surface area (Å²) in [5, 5.41) is 2.02. The first kappa shape index (κ1) is 17.1. The van der Waals surface area contributed by atoms with Crippen LogP contribution >= 0.6 is 11.6 Å². The first-order valence-electron chi connectivity index (χ1n) is 8.71. The van der Waals surface area contributed by atoms with Crippen LogP contribution in [0.25, 0.3) is 22.0 Å². The average molecular weight is 341 g/mol. The number of aryl methyl sites for hydroxylation is 1. The van der Waals surface area contributed by atoms with Crippen LogP contribution < -0.4 is 0 Å². The van der Waals surface area contributed by atoms with Crippen LogP contribution in [0.1, 0.15) is 25.0 Å². The van der Waals surface area contributed by atoms with E-state index in [0.29, 0.717) is 0 Å². The van der Waals surface area contributed by atoms with Crippen molar-refractivity contribution in [3.05, 3.63) is 58.7 Å². The number of likely N-dealkylation sites (N-methyl/N-ethyl adjacent to an activating group) is 1. The monoisotopic (exact) mass is 340 g/mol. The van der Waals surface area contributed by atoms with Gasteiger partial charge in [0.2, 0.25) is 0 Å². The molecule has 0 saturated carbocycles. The van der Waals surface area contributed by atoms with E-state index in [0.717, 1.165) is 42.2 Å². The topological polar surface area (TPSA) is 19.0 Å². The third-order valence-electron chi connectivity index (χ3n) is 4.82. The van der Waals surface area contributed by atoms with Crippen LogP contribution in [0.2, 0.25) is 5.02 Å². The van der Waals surface area contributed by atoms with Crippen molar-refractivity contribution in [2.75, 3.05) is 19.6 Å². The van der Waals surface area contributed by atoms with Crippen LogP contribution in [0.15, 0.2) is 42.6 Å². The smallest absolute Gasteiger partial charge is 0.0580 e. The maximum Gasteiger partial charge on any atom is 0.0580 e. The number of nitrogens with zero attached hydrogens (tertiary/aromatic N) is 1. The molecular weight excluding hydrogens is 316 g/mol. The van der Waals surface area contributed by atoms with Gasteiger partial charge in [-0.15, -0.1) is 0 Å². The van der Waals surface area contributed by atoms with Crippen LogP contribution in [0.5, 0.6) is 0 Å². The van der Waals surface area contributed by atoms with Gasteiger partial charge in [0.1, 0.15) is 0 Å². The molecule has 0 spiro atoms. The Balaban J connectivity index is 1.98. The van der Waals surface area contributed by atoms with E-state index in [1.54, 1.807) is 0 Å². The molecule has 0 aliphatic carbocycles. The first-order valence-corrected chi connectivity index (χ1v) is 9.09. The molecular formula is C21H25ClN2. The van der Waals surface area contributed by atoms with Crippen molar-refractivity contribution in [2.24, 2.45) is 0 Å². The van der Waals surface area contributed by atoms with Crippen LogP contribution in [-0.4, -0.2) is 29.5 Å². The van der Waals surface area contributed by atoms with Gasteiger partial charge in [0, 0.05) is 29.2 Å². The van der Waals surface area contributed by atoms with Gasteiger partial charge in [-0.25, -0.2) is 0 Å². The van der Waals surface area contributed by atoms with E-state index in [9.17, 15) is 0 Å². The summed E-state index contributed by atoms with van der Waals surface area (Å²) in [6.45, 7) is 9.75. The Morgan fingerprint density at radius 2 is 1.71 bits per heavy atom. The maximum absolute atomic E-state index is 6.81. The molecule has 126 valence electrons. The number of benzene rings is 2. The van der Waals surface area contributed by atoms with Gasteiger partial charge in [0.25, 0.3) is 0 Å². The lowest BCUT2D eigenvalue weighted by Crippen LogP contribution is -2.25. The Kier molecular flexibility index (Phi) is 5.27. The molecule has 1 heterocycles. The van der Waals surface area contributed by atoms with Crippen molar-refractivity contribution in [1.82, 2.24) is 9.88 Å². The van der Waals surface area contributed by atoms with E-state index < -0.39 is 0 Å². The summed E-state index contributed by atoms with van der Waals surface area (Å²) in [6.07, 6.45) is 3.12. The molecule has 0 saturated heterocycles. The third kappa shape index (κ3) is 3.35. The molecule has 2 aromatic carbocycles. The highest BCUT2D eigenvalue weighted by Gasteiger charge is 2.13. The molecule has 1 N–H and O–H groups in total. The quantitative estimate of drug-likeness (QED) is 0.611. The molecule has 3 heteroatoms. The number of aromatic nitrogens is 1. The predicted octanol–water partition coefficient (Wildman–Crippen LogP) is 5.68. The largest absolute Gasteiger partial charge is 0.361 e. The SMILES string of the molecule is CCN(CC)CCc1c[nH]c2ccc(-c3ccc(C)cc3)c(Cl)c12. The molecule has 3 rings (SSSR count). The van der Waals surface area contributed by atoms with Gasteiger partial charge < -0.3 is 9.88 Å². The molecule has 0 radical (unpaired) electrons. The molecule has 0 fully saturated rings. The van der Waals surface area contributed by atoms with Gasteiger partial charge in [0.05, 0.1) is 5.02 Å². The molecule has 0 unspecified atom stereocenters. The van der Waals surface area contributed by atoms with E-state index in [4.69, 9.17) is 11.6 Å². The summed E-state index contributed by atoms with van der Waals surface area (Å²) in [5.74, 6) is 0. The number of rotatable bonds is 6. The number of fused-ring (bicyclic) bond motifs is 1. The third-order valence-corrected chi connectivity index (χ3v) is 5.21. The minimum Gasteiger partial charge on any atom is -0.361 e. The number of nitrogens with one attached hydrogen (secondary N) is 1. The van der Waals surface area contributed by atoms with Crippen molar-refractivity contribution in [3.8, 4) is 11.1 Å². The second-order valence-corrected chi connectivity index (χ2v) is 6.68. The minimum absolute atomic E-state index is 0.854. The highest BCUT2D eigenvalue weighted by atomic mass is 35.5. The van der Waals surface area contributed by atoms with Crippen molar-refractivity contribution in [2.45, 2.75) is 27.2 Å². The molecule has 1 aromatic heterocycles. The van der Waals surface area contributed by atoms with E-state index >= 15 is 0 Å². The van der Waals surface area contributed by atoms with Crippen molar-refractivity contribution >= 4 is 22.5 Å². The van der Waals surface area contributed by atoms with Gasteiger partial charge in [-0.1, -0.05) is 61.3 Å². The molecule has 0 amide bonds. The number of halogens is 1. The van der Waals surface area contributed by atoms with Gasteiger partial charge in [-0.2, -0.15) is 0 Å². The van der Waals surface area contributed by atoms with Crippen LogP contribution in [0.4, 0.5) is 0 Å². The van der Waals surface area contributed by atoms with Crippen molar-refractivity contribution < 1.29 is 0 Å². The van der Waals surface area contributed by atoms with Gasteiger partial charge in [-0.3, -0.25) is 0 Å². The second-order valence-electron chi connectivity index (χ2n) is 6.31. The van der Waals surface area contributed by atoms with E-state index in [-0.39, 0.29) is 0 Å². The summed E-state index contributed by atoms with van der Waals surface area (Å²) in [6, 6.07) is 12.8. The van der Waals surface area contributed by atoms with Crippen LogP contribution in [0, 0.1) is 6.92 Å². The molecule has 0 aliphatic heterocycles. The predicted molar refractivity (Wildman–Crippen MR) is 105 cm³/mol. The lowest BCUT2D eigenvalue weighted by Gasteiger charge is -2.17. The summed E-state index contributed by atoms with van der Waals surface area (Å²) in [5.41, 5.74) is 5.95. The van der Waals surface area contributed by atoms with Gasteiger partial charge in [-0.05, 0) is 43.6 Å². The Hall–Kier alpha value is -1.77. The fourth-order valence-corrected chi connectivity index (χ4v) is 3.61. The molecule has 0 aliphatic rings. The molecule has 0 bridgehead atoms. The second kappa shape index (κ2) is 7.42. The molecule has 3 aromatic rings. The molecule has 0 atom stereocenters. The Labute approximate surface area is 149 Å². The summed E-state index contributed by atoms with van der Waals surface area (Å²) in [4.78, 5) is 5.81. The lowest BCUT2D eigenvalue weighted by molar-refractivity contribution is 0.308. The van der Waals surface area contributed by atoms with Gasteiger partial charge in [0.15, 0.2) is 0 Å². The molecule has 2 nitrogen and oxygen atoms in total. The highest BCUT2D eigenvalue weighted by molar-refractivity contribution is 6.38. The average Bonchev–Trinajstić information content (AvgIpc) is 3.01. The fourth-order valence-electron chi connectivity index (χ4n) is 3.22. The number of hydrogen-bond donors (Lipinski definition) is 1. The summed E-state index contributed by atoms with van der Waals surface area (Å²) < 4.78 is 0. The van der Waals surface area contributed by atoms with Gasteiger partial charge >= 0.3 is 0 Å². The van der Waals surface area contributed by atoms with Crippen molar-refractivity contribution in [3.63, 3.8) is 0 Å². The number of H-pyrrole nitrogens is 1. The van der Waals surface area contributed by atoms with Crippen LogP contribution in [0.3, 0.4) is 0 Å².